The van der Waals surface area contributed by atoms with E-state index in [1.165, 1.54) is 12.1 Å². The van der Waals surface area contributed by atoms with Crippen molar-refractivity contribution in [2.24, 2.45) is 0 Å². The third-order valence-electron chi connectivity index (χ3n) is 4.84. The Morgan fingerprint density at radius 3 is 2.62 bits per heavy atom. The van der Waals surface area contributed by atoms with Crippen molar-refractivity contribution in [3.63, 3.8) is 0 Å². The maximum atomic E-state index is 13.2. The fraction of sp³-hybridized carbons (Fsp3) is 0.125. The van der Waals surface area contributed by atoms with Gasteiger partial charge in [-0.15, -0.1) is 11.8 Å². The molecule has 0 aliphatic rings. The van der Waals surface area contributed by atoms with Gasteiger partial charge in [-0.25, -0.2) is 4.39 Å². The van der Waals surface area contributed by atoms with Gasteiger partial charge < -0.3 is 9.88 Å². The quantitative estimate of drug-likeness (QED) is 0.416. The number of rotatable bonds is 6. The minimum atomic E-state index is -0.242. The molecule has 4 rings (SSSR count). The predicted octanol–water partition coefficient (Wildman–Crippen LogP) is 5.73. The van der Waals surface area contributed by atoms with Crippen molar-refractivity contribution < 1.29 is 9.18 Å². The molecule has 1 heterocycles. The predicted molar refractivity (Wildman–Crippen MR) is 118 cm³/mol. The van der Waals surface area contributed by atoms with Crippen LogP contribution in [0.15, 0.2) is 83.9 Å². The van der Waals surface area contributed by atoms with Crippen LogP contribution in [0.2, 0.25) is 0 Å². The average molecular weight is 405 g/mol. The lowest BCUT2D eigenvalue weighted by Gasteiger charge is -2.06. The Morgan fingerprint density at radius 1 is 1.03 bits per heavy atom. The van der Waals surface area contributed by atoms with Crippen LogP contribution in [0, 0.1) is 5.82 Å². The van der Waals surface area contributed by atoms with E-state index < -0.39 is 0 Å². The van der Waals surface area contributed by atoms with Crippen molar-refractivity contribution in [3.05, 3.63) is 95.9 Å². The Labute approximate surface area is 173 Å². The van der Waals surface area contributed by atoms with Gasteiger partial charge in [-0.1, -0.05) is 36.4 Å². The highest BCUT2D eigenvalue weighted by atomic mass is 32.2. The second-order valence-electron chi connectivity index (χ2n) is 6.88. The Hall–Kier alpha value is -3.05. The first-order chi connectivity index (χ1) is 14.1. The number of aromatic nitrogens is 1. The van der Waals surface area contributed by atoms with Crippen molar-refractivity contribution in [3.8, 4) is 0 Å². The average Bonchev–Trinajstić information content (AvgIpc) is 3.07. The minimum absolute atomic E-state index is 0.0482. The van der Waals surface area contributed by atoms with Crippen LogP contribution in [-0.4, -0.2) is 16.7 Å². The van der Waals surface area contributed by atoms with Crippen LogP contribution in [0.3, 0.4) is 0 Å². The summed E-state index contributed by atoms with van der Waals surface area (Å²) in [6, 6.07) is 22.4. The summed E-state index contributed by atoms with van der Waals surface area (Å²) in [4.78, 5) is 13.8. The van der Waals surface area contributed by atoms with Crippen LogP contribution in [0.25, 0.3) is 10.9 Å². The van der Waals surface area contributed by atoms with E-state index in [9.17, 15) is 9.18 Å². The van der Waals surface area contributed by atoms with Gasteiger partial charge in [0.2, 0.25) is 5.91 Å². The van der Waals surface area contributed by atoms with Gasteiger partial charge in [0.25, 0.3) is 0 Å². The molecule has 0 radical (unpaired) electrons. The Kier molecular flexibility index (Phi) is 5.67. The van der Waals surface area contributed by atoms with Crippen molar-refractivity contribution in [1.29, 1.82) is 0 Å². The molecule has 0 aliphatic heterocycles. The molecule has 0 fully saturated rings. The number of amides is 1. The molecule has 3 nitrogen and oxygen atoms in total. The zero-order chi connectivity index (χ0) is 20.2. The van der Waals surface area contributed by atoms with Crippen molar-refractivity contribution >= 4 is 34.3 Å². The third-order valence-corrected chi connectivity index (χ3v) is 5.57. The van der Waals surface area contributed by atoms with Crippen LogP contribution < -0.4 is 5.32 Å². The zero-order valence-electron chi connectivity index (χ0n) is 16.1. The normalized spacial score (nSPS) is 11.0. The van der Waals surface area contributed by atoms with Gasteiger partial charge in [-0.2, -0.15) is 0 Å². The van der Waals surface area contributed by atoms with E-state index in [0.29, 0.717) is 13.0 Å². The van der Waals surface area contributed by atoms with E-state index in [4.69, 9.17) is 0 Å². The maximum absolute atomic E-state index is 13.2. The number of fused-ring (bicyclic) bond motifs is 1. The van der Waals surface area contributed by atoms with Gasteiger partial charge in [0.15, 0.2) is 0 Å². The molecule has 0 unspecified atom stereocenters. The van der Waals surface area contributed by atoms with E-state index in [0.717, 1.165) is 32.6 Å². The summed E-state index contributed by atoms with van der Waals surface area (Å²) in [6.45, 7) is 0.623. The monoisotopic (exact) mass is 404 g/mol. The second kappa shape index (κ2) is 8.53. The number of benzene rings is 3. The first-order valence-corrected chi connectivity index (χ1v) is 10.6. The summed E-state index contributed by atoms with van der Waals surface area (Å²) in [7, 11) is 0. The number of hydrogen-bond acceptors (Lipinski definition) is 2. The van der Waals surface area contributed by atoms with E-state index in [-0.39, 0.29) is 11.7 Å². The molecule has 146 valence electrons. The van der Waals surface area contributed by atoms with Crippen molar-refractivity contribution in [1.82, 2.24) is 4.57 Å². The fourth-order valence-electron chi connectivity index (χ4n) is 3.46. The molecular formula is C24H21FN2OS. The molecule has 0 bridgehead atoms. The molecule has 0 aliphatic carbocycles. The standard InChI is InChI=1S/C24H21FN2OS/c1-29-21-6-4-5-20(14-21)26-24(28)13-18-16-27(23-8-3-2-7-22(18)23)15-17-9-11-19(25)12-10-17/h2-12,14,16H,13,15H2,1H3,(H,26,28). The summed E-state index contributed by atoms with van der Waals surface area (Å²) in [5, 5.41) is 4.05. The van der Waals surface area contributed by atoms with E-state index in [1.54, 1.807) is 23.9 Å². The van der Waals surface area contributed by atoms with Crippen molar-refractivity contribution in [2.75, 3.05) is 11.6 Å². The molecule has 5 heteroatoms. The molecule has 1 aromatic heterocycles. The fourth-order valence-corrected chi connectivity index (χ4v) is 3.92. The molecule has 29 heavy (non-hydrogen) atoms. The summed E-state index contributed by atoms with van der Waals surface area (Å²) in [5.74, 6) is -0.290. The van der Waals surface area contributed by atoms with E-state index in [1.807, 2.05) is 61.0 Å². The number of carbonyl (C=O) groups is 1. The Bertz CT molecular complexity index is 1150. The SMILES string of the molecule is CSc1cccc(NC(=O)Cc2cn(Cc3ccc(F)cc3)c3ccccc23)c1. The number of thioether (sulfide) groups is 1. The summed E-state index contributed by atoms with van der Waals surface area (Å²) in [6.07, 6.45) is 4.32. The minimum Gasteiger partial charge on any atom is -0.343 e. The van der Waals surface area contributed by atoms with Crippen LogP contribution in [0.5, 0.6) is 0 Å². The number of nitrogens with zero attached hydrogens (tertiary/aromatic N) is 1. The number of carbonyl (C=O) groups excluding carboxylic acids is 1. The summed E-state index contributed by atoms with van der Waals surface area (Å²) < 4.78 is 15.3. The maximum Gasteiger partial charge on any atom is 0.228 e. The molecule has 1 N–H and O–H groups in total. The van der Waals surface area contributed by atoms with Crippen molar-refractivity contribution in [2.45, 2.75) is 17.9 Å². The molecule has 0 spiro atoms. The van der Waals surface area contributed by atoms with Gasteiger partial charge in [0.1, 0.15) is 5.82 Å². The van der Waals surface area contributed by atoms with E-state index >= 15 is 0 Å². The summed E-state index contributed by atoms with van der Waals surface area (Å²) >= 11 is 1.64. The largest absolute Gasteiger partial charge is 0.343 e. The highest BCUT2D eigenvalue weighted by molar-refractivity contribution is 7.98. The topological polar surface area (TPSA) is 34.0 Å². The van der Waals surface area contributed by atoms with Gasteiger partial charge in [0, 0.05) is 34.2 Å². The highest BCUT2D eigenvalue weighted by Crippen LogP contribution is 2.24. The van der Waals surface area contributed by atoms with Crippen LogP contribution >= 0.6 is 11.8 Å². The number of anilines is 1. The molecule has 3 aromatic carbocycles. The summed E-state index contributed by atoms with van der Waals surface area (Å²) in [5.41, 5.74) is 3.85. The van der Waals surface area contributed by atoms with Crippen LogP contribution in [0.4, 0.5) is 10.1 Å². The van der Waals surface area contributed by atoms with E-state index in [2.05, 4.69) is 9.88 Å². The lowest BCUT2D eigenvalue weighted by molar-refractivity contribution is -0.115. The van der Waals surface area contributed by atoms with Gasteiger partial charge in [-0.3, -0.25) is 4.79 Å². The third kappa shape index (κ3) is 4.51. The smallest absolute Gasteiger partial charge is 0.228 e. The first-order valence-electron chi connectivity index (χ1n) is 9.37. The molecule has 4 aromatic rings. The molecule has 1 amide bonds. The number of halogens is 1. The lowest BCUT2D eigenvalue weighted by atomic mass is 10.1. The molecular weight excluding hydrogens is 383 g/mol. The number of nitrogens with one attached hydrogen (secondary N) is 1. The molecule has 0 saturated carbocycles. The second-order valence-corrected chi connectivity index (χ2v) is 7.76. The molecule has 0 atom stereocenters. The van der Waals surface area contributed by atoms with Gasteiger partial charge in [0.05, 0.1) is 6.42 Å². The Balaban J connectivity index is 1.57. The highest BCUT2D eigenvalue weighted by Gasteiger charge is 2.12. The Morgan fingerprint density at radius 2 is 1.83 bits per heavy atom. The molecule has 0 saturated heterocycles. The zero-order valence-corrected chi connectivity index (χ0v) is 16.9. The van der Waals surface area contributed by atoms with Crippen LogP contribution in [-0.2, 0) is 17.8 Å². The first kappa shape index (κ1) is 19.3. The van der Waals surface area contributed by atoms with Crippen LogP contribution in [0.1, 0.15) is 11.1 Å². The van der Waals surface area contributed by atoms with Gasteiger partial charge >= 0.3 is 0 Å². The lowest BCUT2D eigenvalue weighted by Crippen LogP contribution is -2.14. The number of hydrogen-bond donors (Lipinski definition) is 1. The van der Waals surface area contributed by atoms with Gasteiger partial charge in [-0.05, 0) is 53.8 Å². The number of para-hydroxylation sites is 1.